The highest BCUT2D eigenvalue weighted by Crippen LogP contribution is 2.15. The summed E-state index contributed by atoms with van der Waals surface area (Å²) in [5.41, 5.74) is 1.22. The first kappa shape index (κ1) is 16.1. The molecule has 0 atom stereocenters. The van der Waals surface area contributed by atoms with Crippen molar-refractivity contribution in [1.29, 1.82) is 0 Å². The summed E-state index contributed by atoms with van der Waals surface area (Å²) in [6.45, 7) is 5.60. The second kappa shape index (κ2) is 9.91. The first-order chi connectivity index (χ1) is 9.30. The Morgan fingerprint density at radius 1 is 0.947 bits per heavy atom. The van der Waals surface area contributed by atoms with Crippen LogP contribution >= 0.6 is 0 Å². The number of benzene rings is 1. The van der Waals surface area contributed by atoms with Crippen LogP contribution in [0.3, 0.4) is 0 Å². The second-order valence-corrected chi connectivity index (χ2v) is 5.07. The van der Waals surface area contributed by atoms with E-state index in [1.54, 1.807) is 7.11 Å². The molecule has 0 aliphatic carbocycles. The summed E-state index contributed by atoms with van der Waals surface area (Å²) in [4.78, 5) is 0. The van der Waals surface area contributed by atoms with Gasteiger partial charge >= 0.3 is 0 Å². The maximum Gasteiger partial charge on any atom is 0.293 e. The molecule has 0 saturated carbocycles. The van der Waals surface area contributed by atoms with Gasteiger partial charge in [-0.25, -0.2) is 0 Å². The predicted octanol–water partition coefficient (Wildman–Crippen LogP) is 4.80. The van der Waals surface area contributed by atoms with Crippen molar-refractivity contribution in [2.45, 2.75) is 58.8 Å². The van der Waals surface area contributed by atoms with E-state index in [2.05, 4.69) is 26.0 Å². The van der Waals surface area contributed by atoms with Crippen molar-refractivity contribution in [3.8, 4) is 5.75 Å². The Kier molecular flexibility index (Phi) is 8.40. The first-order valence-corrected chi connectivity index (χ1v) is 7.54. The average Bonchev–Trinajstić information content (AvgIpc) is 2.47. The third-order valence-corrected chi connectivity index (χ3v) is 3.40. The van der Waals surface area contributed by atoms with Gasteiger partial charge in [-0.05, 0) is 30.3 Å². The maximum atomic E-state index is 6.07. The van der Waals surface area contributed by atoms with Crippen molar-refractivity contribution in [1.82, 2.24) is 0 Å². The number of unbranched alkanes of at least 4 members (excludes halogenated alkanes) is 2. The van der Waals surface area contributed by atoms with Gasteiger partial charge in [-0.15, -0.1) is 0 Å². The molecule has 0 unspecified atom stereocenters. The fourth-order valence-corrected chi connectivity index (χ4v) is 2.11. The van der Waals surface area contributed by atoms with Crippen LogP contribution < -0.4 is 4.74 Å². The van der Waals surface area contributed by atoms with Crippen molar-refractivity contribution in [3.05, 3.63) is 29.8 Å². The Balaban J connectivity index is 2.39. The van der Waals surface area contributed by atoms with E-state index in [-0.39, 0.29) is 0 Å². The number of ether oxygens (including phenoxy) is 1. The number of methoxy groups -OCH3 is 1. The molecule has 0 radical (unpaired) electrons. The SMILES string of the molecule is CCCCB(CCCC)OCc1ccc(OC)cc1. The largest absolute Gasteiger partial charge is 0.497 e. The Morgan fingerprint density at radius 2 is 1.53 bits per heavy atom. The quantitative estimate of drug-likeness (QED) is 0.564. The molecule has 0 aliphatic heterocycles. The Labute approximate surface area is 118 Å². The number of rotatable bonds is 10. The van der Waals surface area contributed by atoms with E-state index >= 15 is 0 Å². The van der Waals surface area contributed by atoms with E-state index in [9.17, 15) is 0 Å². The molecule has 2 nitrogen and oxygen atoms in total. The van der Waals surface area contributed by atoms with Gasteiger partial charge in [-0.2, -0.15) is 0 Å². The molecule has 106 valence electrons. The van der Waals surface area contributed by atoms with Gasteiger partial charge in [-0.1, -0.05) is 51.7 Å². The summed E-state index contributed by atoms with van der Waals surface area (Å²) < 4.78 is 11.2. The highest BCUT2D eigenvalue weighted by Gasteiger charge is 2.14. The highest BCUT2D eigenvalue weighted by molar-refractivity contribution is 6.51. The van der Waals surface area contributed by atoms with E-state index < -0.39 is 0 Å². The monoisotopic (exact) mass is 262 g/mol. The summed E-state index contributed by atoms with van der Waals surface area (Å²) >= 11 is 0. The molecule has 0 fully saturated rings. The van der Waals surface area contributed by atoms with E-state index in [0.29, 0.717) is 13.5 Å². The van der Waals surface area contributed by atoms with Gasteiger partial charge in [0, 0.05) is 0 Å². The van der Waals surface area contributed by atoms with Gasteiger partial charge in [-0.3, -0.25) is 0 Å². The van der Waals surface area contributed by atoms with Gasteiger partial charge < -0.3 is 9.39 Å². The van der Waals surface area contributed by atoms with Crippen LogP contribution in [0.15, 0.2) is 24.3 Å². The molecule has 19 heavy (non-hydrogen) atoms. The zero-order chi connectivity index (χ0) is 13.9. The lowest BCUT2D eigenvalue weighted by atomic mass is 9.59. The topological polar surface area (TPSA) is 18.5 Å². The fourth-order valence-electron chi connectivity index (χ4n) is 2.11. The highest BCUT2D eigenvalue weighted by atomic mass is 16.5. The molecule has 0 amide bonds. The van der Waals surface area contributed by atoms with Crippen LogP contribution in [-0.4, -0.2) is 14.0 Å². The minimum absolute atomic E-state index is 0.419. The van der Waals surface area contributed by atoms with E-state index in [1.807, 2.05) is 12.1 Å². The normalized spacial score (nSPS) is 10.5. The van der Waals surface area contributed by atoms with Crippen LogP contribution in [-0.2, 0) is 11.3 Å². The van der Waals surface area contributed by atoms with Crippen LogP contribution in [0.2, 0.25) is 12.6 Å². The summed E-state index contributed by atoms with van der Waals surface area (Å²) in [5, 5.41) is 0. The zero-order valence-electron chi connectivity index (χ0n) is 12.7. The van der Waals surface area contributed by atoms with Crippen molar-refractivity contribution < 1.29 is 9.39 Å². The van der Waals surface area contributed by atoms with Crippen LogP contribution in [0, 0.1) is 0 Å². The average molecular weight is 262 g/mol. The Hall–Kier alpha value is -0.955. The van der Waals surface area contributed by atoms with Gasteiger partial charge in [0.25, 0.3) is 6.92 Å². The lowest BCUT2D eigenvalue weighted by molar-refractivity contribution is 0.304. The second-order valence-electron chi connectivity index (χ2n) is 5.07. The molecule has 0 aromatic heterocycles. The fraction of sp³-hybridized carbons (Fsp3) is 0.625. The first-order valence-electron chi connectivity index (χ1n) is 7.54. The van der Waals surface area contributed by atoms with E-state index in [1.165, 1.54) is 43.9 Å². The standard InChI is InChI=1S/C16H27BO2/c1-4-6-12-17(13-7-5-2)19-14-15-8-10-16(18-3)11-9-15/h8-11H,4-7,12-14H2,1-3H3. The van der Waals surface area contributed by atoms with Crippen molar-refractivity contribution >= 4 is 6.92 Å². The van der Waals surface area contributed by atoms with Crippen LogP contribution in [0.4, 0.5) is 0 Å². The molecule has 1 aromatic rings. The van der Waals surface area contributed by atoms with Crippen LogP contribution in [0.5, 0.6) is 5.75 Å². The molecule has 1 aromatic carbocycles. The molecule has 0 spiro atoms. The summed E-state index contributed by atoms with van der Waals surface area (Å²) in [6, 6.07) is 8.14. The summed E-state index contributed by atoms with van der Waals surface area (Å²) in [7, 11) is 1.69. The molecule has 0 N–H and O–H groups in total. The smallest absolute Gasteiger partial charge is 0.293 e. The zero-order valence-corrected chi connectivity index (χ0v) is 12.7. The Bertz CT molecular complexity index is 316. The summed E-state index contributed by atoms with van der Waals surface area (Å²) in [6.07, 6.45) is 7.39. The van der Waals surface area contributed by atoms with Crippen molar-refractivity contribution in [3.63, 3.8) is 0 Å². The van der Waals surface area contributed by atoms with Crippen molar-refractivity contribution in [2.75, 3.05) is 7.11 Å². The van der Waals surface area contributed by atoms with Gasteiger partial charge in [0.15, 0.2) is 0 Å². The summed E-state index contributed by atoms with van der Waals surface area (Å²) in [5.74, 6) is 0.900. The Morgan fingerprint density at radius 3 is 2.00 bits per heavy atom. The van der Waals surface area contributed by atoms with E-state index in [0.717, 1.165) is 5.75 Å². The number of hydrogen-bond donors (Lipinski definition) is 0. The van der Waals surface area contributed by atoms with Crippen LogP contribution in [0.1, 0.15) is 45.1 Å². The lowest BCUT2D eigenvalue weighted by Gasteiger charge is -2.14. The minimum Gasteiger partial charge on any atom is -0.497 e. The van der Waals surface area contributed by atoms with E-state index in [4.69, 9.17) is 9.39 Å². The molecule has 0 aliphatic rings. The van der Waals surface area contributed by atoms with Gasteiger partial charge in [0.1, 0.15) is 5.75 Å². The lowest BCUT2D eigenvalue weighted by Crippen LogP contribution is -2.17. The molecule has 0 saturated heterocycles. The maximum absolute atomic E-state index is 6.07. The third kappa shape index (κ3) is 6.67. The molecule has 3 heteroatoms. The molecule has 1 rings (SSSR count). The van der Waals surface area contributed by atoms with Crippen molar-refractivity contribution in [2.24, 2.45) is 0 Å². The minimum atomic E-state index is 0.419. The van der Waals surface area contributed by atoms with Crippen LogP contribution in [0.25, 0.3) is 0 Å². The molecule has 0 heterocycles. The molecule has 0 bridgehead atoms. The molecular formula is C16H27BO2. The van der Waals surface area contributed by atoms with Gasteiger partial charge in [0.05, 0.1) is 13.7 Å². The van der Waals surface area contributed by atoms with Gasteiger partial charge in [0.2, 0.25) is 0 Å². The third-order valence-electron chi connectivity index (χ3n) is 3.40. The number of hydrogen-bond acceptors (Lipinski definition) is 2. The molecular weight excluding hydrogens is 235 g/mol. The predicted molar refractivity (Wildman–Crippen MR) is 83.0 cm³/mol.